The lowest BCUT2D eigenvalue weighted by Crippen LogP contribution is -1.91. The minimum absolute atomic E-state index is 0.644. The molecule has 0 atom stereocenters. The minimum atomic E-state index is 0.644. The first-order valence-corrected chi connectivity index (χ1v) is 6.56. The molecular formula is C17H13N3O. The van der Waals surface area contributed by atoms with Crippen LogP contribution in [-0.4, -0.2) is 21.2 Å². The van der Waals surface area contributed by atoms with Crippen LogP contribution in [0.3, 0.4) is 0 Å². The van der Waals surface area contributed by atoms with E-state index in [9.17, 15) is 4.79 Å². The average Bonchev–Trinajstić information content (AvgIpc) is 2.55. The molecule has 0 aliphatic heterocycles. The van der Waals surface area contributed by atoms with Gasteiger partial charge in [-0.1, -0.05) is 24.3 Å². The highest BCUT2D eigenvalue weighted by atomic mass is 16.1. The topological polar surface area (TPSA) is 55.7 Å². The Kier molecular flexibility index (Phi) is 3.51. The van der Waals surface area contributed by atoms with Crippen LogP contribution >= 0.6 is 0 Å². The summed E-state index contributed by atoms with van der Waals surface area (Å²) in [7, 11) is 0. The van der Waals surface area contributed by atoms with E-state index >= 15 is 0 Å². The van der Waals surface area contributed by atoms with Gasteiger partial charge < -0.3 is 0 Å². The molecule has 0 saturated heterocycles. The molecule has 0 unspecified atom stereocenters. The van der Waals surface area contributed by atoms with Crippen LogP contribution in [0.1, 0.15) is 15.9 Å². The van der Waals surface area contributed by atoms with E-state index in [1.165, 1.54) is 0 Å². The van der Waals surface area contributed by atoms with E-state index in [1.807, 2.05) is 25.1 Å². The van der Waals surface area contributed by atoms with Gasteiger partial charge in [-0.25, -0.2) is 4.98 Å². The maximum absolute atomic E-state index is 10.7. The Morgan fingerprint density at radius 1 is 0.857 bits per heavy atom. The van der Waals surface area contributed by atoms with Crippen molar-refractivity contribution in [1.82, 2.24) is 15.0 Å². The number of carbonyl (C=O) groups is 1. The lowest BCUT2D eigenvalue weighted by Gasteiger charge is -2.05. The predicted octanol–water partition coefficient (Wildman–Crippen LogP) is 3.33. The summed E-state index contributed by atoms with van der Waals surface area (Å²) < 4.78 is 0. The Morgan fingerprint density at radius 2 is 1.52 bits per heavy atom. The molecule has 0 amide bonds. The molecule has 21 heavy (non-hydrogen) atoms. The highest BCUT2D eigenvalue weighted by Crippen LogP contribution is 2.21. The number of rotatable bonds is 3. The maximum atomic E-state index is 10.7. The zero-order valence-electron chi connectivity index (χ0n) is 11.5. The average molecular weight is 275 g/mol. The van der Waals surface area contributed by atoms with Crippen LogP contribution in [0.4, 0.5) is 0 Å². The fourth-order valence-electron chi connectivity index (χ4n) is 2.07. The Hall–Kier alpha value is -2.88. The van der Waals surface area contributed by atoms with Crippen molar-refractivity contribution in [2.45, 2.75) is 6.92 Å². The zero-order chi connectivity index (χ0) is 14.7. The van der Waals surface area contributed by atoms with Gasteiger partial charge in [0.1, 0.15) is 6.29 Å². The van der Waals surface area contributed by atoms with Crippen molar-refractivity contribution >= 4 is 6.29 Å². The summed E-state index contributed by atoms with van der Waals surface area (Å²) in [4.78, 5) is 23.7. The van der Waals surface area contributed by atoms with Gasteiger partial charge in [0.2, 0.25) is 0 Å². The molecule has 0 spiro atoms. The van der Waals surface area contributed by atoms with Crippen molar-refractivity contribution < 1.29 is 4.79 Å². The Bertz CT molecular complexity index is 782. The molecule has 102 valence electrons. The summed E-state index contributed by atoms with van der Waals surface area (Å²) in [5.41, 5.74) is 5.14. The SMILES string of the molecule is Cc1cncc(-c2cncc(-c3ccc(C=O)cc3)n2)c1. The molecule has 3 aromatic rings. The molecule has 0 radical (unpaired) electrons. The fourth-order valence-corrected chi connectivity index (χ4v) is 2.07. The van der Waals surface area contributed by atoms with Gasteiger partial charge in [0, 0.05) is 29.1 Å². The first-order chi connectivity index (χ1) is 10.3. The van der Waals surface area contributed by atoms with Crippen molar-refractivity contribution in [3.63, 3.8) is 0 Å². The number of benzene rings is 1. The number of hydrogen-bond acceptors (Lipinski definition) is 4. The fraction of sp³-hybridized carbons (Fsp3) is 0.0588. The van der Waals surface area contributed by atoms with E-state index in [0.29, 0.717) is 5.56 Å². The molecule has 1 aromatic carbocycles. The Labute approximate surface area is 122 Å². The quantitative estimate of drug-likeness (QED) is 0.688. The third kappa shape index (κ3) is 2.84. The van der Waals surface area contributed by atoms with Crippen LogP contribution in [-0.2, 0) is 0 Å². The van der Waals surface area contributed by atoms with Crippen molar-refractivity contribution in [2.24, 2.45) is 0 Å². The van der Waals surface area contributed by atoms with E-state index < -0.39 is 0 Å². The van der Waals surface area contributed by atoms with Gasteiger partial charge in [-0.3, -0.25) is 14.8 Å². The van der Waals surface area contributed by atoms with E-state index in [0.717, 1.165) is 34.4 Å². The molecule has 2 heterocycles. The molecule has 2 aromatic heterocycles. The largest absolute Gasteiger partial charge is 0.298 e. The summed E-state index contributed by atoms with van der Waals surface area (Å²) in [6.07, 6.45) is 7.84. The molecule has 0 fully saturated rings. The first-order valence-electron chi connectivity index (χ1n) is 6.56. The summed E-state index contributed by atoms with van der Waals surface area (Å²) in [6.45, 7) is 1.99. The second-order valence-corrected chi connectivity index (χ2v) is 4.78. The van der Waals surface area contributed by atoms with E-state index in [4.69, 9.17) is 0 Å². The first kappa shape index (κ1) is 13.1. The van der Waals surface area contributed by atoms with E-state index in [2.05, 4.69) is 15.0 Å². The summed E-state index contributed by atoms with van der Waals surface area (Å²) >= 11 is 0. The van der Waals surface area contributed by atoms with Crippen LogP contribution < -0.4 is 0 Å². The van der Waals surface area contributed by atoms with Gasteiger partial charge in [0.15, 0.2) is 0 Å². The summed E-state index contributed by atoms with van der Waals surface area (Å²) in [6, 6.07) is 9.30. The van der Waals surface area contributed by atoms with Gasteiger partial charge in [-0.15, -0.1) is 0 Å². The molecule has 3 rings (SSSR count). The molecule has 0 bridgehead atoms. The third-order valence-electron chi connectivity index (χ3n) is 3.15. The molecule has 0 aliphatic carbocycles. The number of aromatic nitrogens is 3. The van der Waals surface area contributed by atoms with Crippen LogP contribution in [0.25, 0.3) is 22.5 Å². The summed E-state index contributed by atoms with van der Waals surface area (Å²) in [5.74, 6) is 0. The number of pyridine rings is 1. The second-order valence-electron chi connectivity index (χ2n) is 4.78. The van der Waals surface area contributed by atoms with Gasteiger partial charge >= 0.3 is 0 Å². The monoisotopic (exact) mass is 275 g/mol. The third-order valence-corrected chi connectivity index (χ3v) is 3.15. The number of carbonyl (C=O) groups excluding carboxylic acids is 1. The number of aldehydes is 1. The van der Waals surface area contributed by atoms with Gasteiger partial charge in [0.25, 0.3) is 0 Å². The van der Waals surface area contributed by atoms with E-state index in [1.54, 1.807) is 36.9 Å². The highest BCUT2D eigenvalue weighted by molar-refractivity contribution is 5.76. The Balaban J connectivity index is 2.01. The smallest absolute Gasteiger partial charge is 0.150 e. The van der Waals surface area contributed by atoms with Crippen LogP contribution in [0.15, 0.2) is 55.1 Å². The van der Waals surface area contributed by atoms with Crippen molar-refractivity contribution in [1.29, 1.82) is 0 Å². The molecular weight excluding hydrogens is 262 g/mol. The standard InChI is InChI=1S/C17H13N3O/c1-12-6-15(8-18-7-12)17-10-19-9-16(20-17)14-4-2-13(11-21)3-5-14/h2-11H,1H3. The number of hydrogen-bond donors (Lipinski definition) is 0. The van der Waals surface area contributed by atoms with Crippen LogP contribution in [0.2, 0.25) is 0 Å². The predicted molar refractivity (Wildman–Crippen MR) is 80.8 cm³/mol. The van der Waals surface area contributed by atoms with Crippen LogP contribution in [0.5, 0.6) is 0 Å². The van der Waals surface area contributed by atoms with Gasteiger partial charge in [-0.05, 0) is 18.6 Å². The molecule has 4 heteroatoms. The molecule has 4 nitrogen and oxygen atoms in total. The highest BCUT2D eigenvalue weighted by Gasteiger charge is 2.05. The van der Waals surface area contributed by atoms with Crippen LogP contribution in [0, 0.1) is 6.92 Å². The van der Waals surface area contributed by atoms with Gasteiger partial charge in [0.05, 0.1) is 23.8 Å². The second kappa shape index (κ2) is 5.63. The Morgan fingerprint density at radius 3 is 2.19 bits per heavy atom. The molecule has 0 saturated carbocycles. The zero-order valence-corrected chi connectivity index (χ0v) is 11.5. The minimum Gasteiger partial charge on any atom is -0.298 e. The normalized spacial score (nSPS) is 10.3. The van der Waals surface area contributed by atoms with E-state index in [-0.39, 0.29) is 0 Å². The van der Waals surface area contributed by atoms with Crippen molar-refractivity contribution in [3.8, 4) is 22.5 Å². The summed E-state index contributed by atoms with van der Waals surface area (Å²) in [5, 5.41) is 0. The van der Waals surface area contributed by atoms with Crippen molar-refractivity contribution in [3.05, 3.63) is 66.2 Å². The maximum Gasteiger partial charge on any atom is 0.150 e. The molecule has 0 N–H and O–H groups in total. The number of nitrogens with zero attached hydrogens (tertiary/aromatic N) is 3. The molecule has 0 aliphatic rings. The lowest BCUT2D eigenvalue weighted by molar-refractivity contribution is 0.112. The van der Waals surface area contributed by atoms with Gasteiger partial charge in [-0.2, -0.15) is 0 Å². The van der Waals surface area contributed by atoms with Crippen molar-refractivity contribution in [2.75, 3.05) is 0 Å². The number of aryl methyl sites for hydroxylation is 1. The lowest BCUT2D eigenvalue weighted by atomic mass is 10.1.